The first kappa shape index (κ1) is 10.9. The molecule has 1 radical (unpaired) electrons. The summed E-state index contributed by atoms with van der Waals surface area (Å²) in [6.07, 6.45) is 1.10. The molecule has 71 valence electrons. The summed E-state index contributed by atoms with van der Waals surface area (Å²) in [5.41, 5.74) is 1.34. The van der Waals surface area contributed by atoms with Crippen molar-refractivity contribution >= 4 is 23.4 Å². The van der Waals surface area contributed by atoms with Gasteiger partial charge in [-0.3, -0.25) is 0 Å². The molecule has 0 bridgehead atoms. The maximum atomic E-state index is 5.78. The molecular formula is C11H14ClS. The molecule has 1 rings (SSSR count). The van der Waals surface area contributed by atoms with Crippen LogP contribution in [0.3, 0.4) is 0 Å². The lowest BCUT2D eigenvalue weighted by Gasteiger charge is -2.04. The molecule has 0 heterocycles. The van der Waals surface area contributed by atoms with Crippen LogP contribution < -0.4 is 0 Å². The van der Waals surface area contributed by atoms with E-state index in [4.69, 9.17) is 11.6 Å². The Bertz CT molecular complexity index is 241. The summed E-state index contributed by atoms with van der Waals surface area (Å²) in [5, 5.41) is 1.29. The van der Waals surface area contributed by atoms with Gasteiger partial charge in [0, 0.05) is 10.3 Å². The van der Waals surface area contributed by atoms with E-state index in [1.54, 1.807) is 0 Å². The summed E-state index contributed by atoms with van der Waals surface area (Å²) in [5.74, 6) is 1.13. The molecule has 2 heteroatoms. The molecule has 0 aliphatic heterocycles. The van der Waals surface area contributed by atoms with Crippen LogP contribution in [0.15, 0.2) is 24.3 Å². The Labute approximate surface area is 89.7 Å². The second-order valence-electron chi connectivity index (χ2n) is 3.06. The van der Waals surface area contributed by atoms with E-state index in [0.29, 0.717) is 5.25 Å². The number of aryl methyl sites for hydroxylation is 1. The number of thioether (sulfide) groups is 1. The van der Waals surface area contributed by atoms with Crippen molar-refractivity contribution in [2.75, 3.05) is 5.75 Å². The molecule has 1 aromatic rings. The van der Waals surface area contributed by atoms with Crippen molar-refractivity contribution < 1.29 is 0 Å². The van der Waals surface area contributed by atoms with Crippen molar-refractivity contribution in [1.29, 1.82) is 0 Å². The van der Waals surface area contributed by atoms with E-state index in [0.717, 1.165) is 17.2 Å². The second-order valence-corrected chi connectivity index (χ2v) is 5.04. The average Bonchev–Trinajstić information content (AvgIpc) is 2.08. The standard InChI is InChI=1S/C11H14ClS/c1-9(2)13-8-7-10-3-5-11(12)6-4-10/h3-6,9H,1,7-8H2,2H3. The van der Waals surface area contributed by atoms with Gasteiger partial charge < -0.3 is 0 Å². The zero-order valence-corrected chi connectivity index (χ0v) is 9.37. The zero-order chi connectivity index (χ0) is 9.68. The van der Waals surface area contributed by atoms with Crippen LogP contribution in [-0.4, -0.2) is 11.0 Å². The SMILES string of the molecule is [CH2]C(C)SCCc1ccc(Cl)cc1. The molecule has 0 nitrogen and oxygen atoms in total. The van der Waals surface area contributed by atoms with Crippen LogP contribution >= 0.6 is 23.4 Å². The van der Waals surface area contributed by atoms with Crippen LogP contribution in [0.4, 0.5) is 0 Å². The van der Waals surface area contributed by atoms with Crippen LogP contribution in [0.2, 0.25) is 5.02 Å². The Morgan fingerprint density at radius 3 is 2.54 bits per heavy atom. The van der Waals surface area contributed by atoms with E-state index in [1.165, 1.54) is 5.56 Å². The molecule has 0 aliphatic rings. The summed E-state index contributed by atoms with van der Waals surface area (Å²) in [6.45, 7) is 6.04. The quantitative estimate of drug-likeness (QED) is 0.733. The molecule has 0 saturated heterocycles. The summed E-state index contributed by atoms with van der Waals surface area (Å²) in [4.78, 5) is 0. The molecule has 0 spiro atoms. The third kappa shape index (κ3) is 4.58. The van der Waals surface area contributed by atoms with Gasteiger partial charge in [-0.2, -0.15) is 11.8 Å². The van der Waals surface area contributed by atoms with Gasteiger partial charge in [-0.15, -0.1) is 0 Å². The van der Waals surface area contributed by atoms with Crippen molar-refractivity contribution in [3.63, 3.8) is 0 Å². The minimum atomic E-state index is 0.479. The summed E-state index contributed by atoms with van der Waals surface area (Å²) in [7, 11) is 0. The molecule has 1 atom stereocenters. The molecule has 0 amide bonds. The van der Waals surface area contributed by atoms with Gasteiger partial charge in [-0.1, -0.05) is 30.7 Å². The minimum Gasteiger partial charge on any atom is -0.159 e. The van der Waals surface area contributed by atoms with Crippen LogP contribution in [0, 0.1) is 6.92 Å². The molecule has 0 aromatic heterocycles. The summed E-state index contributed by atoms with van der Waals surface area (Å²) >= 11 is 7.67. The van der Waals surface area contributed by atoms with E-state index in [2.05, 4.69) is 26.0 Å². The predicted molar refractivity (Wildman–Crippen MR) is 62.4 cm³/mol. The smallest absolute Gasteiger partial charge is 0.0406 e. The van der Waals surface area contributed by atoms with Gasteiger partial charge in [0.05, 0.1) is 0 Å². The highest BCUT2D eigenvalue weighted by Gasteiger charge is 1.96. The zero-order valence-electron chi connectivity index (χ0n) is 7.79. The number of rotatable bonds is 4. The molecule has 0 aliphatic carbocycles. The third-order valence-corrected chi connectivity index (χ3v) is 2.97. The van der Waals surface area contributed by atoms with E-state index in [1.807, 2.05) is 23.9 Å². The normalized spacial score (nSPS) is 10.8. The Hall–Kier alpha value is -0.140. The van der Waals surface area contributed by atoms with Gasteiger partial charge >= 0.3 is 0 Å². The Balaban J connectivity index is 2.33. The van der Waals surface area contributed by atoms with Gasteiger partial charge in [0.1, 0.15) is 0 Å². The van der Waals surface area contributed by atoms with E-state index in [9.17, 15) is 0 Å². The van der Waals surface area contributed by atoms with Gasteiger partial charge in [-0.25, -0.2) is 0 Å². The molecule has 0 saturated carbocycles. The van der Waals surface area contributed by atoms with Gasteiger partial charge in [0.25, 0.3) is 0 Å². The third-order valence-electron chi connectivity index (χ3n) is 1.71. The average molecular weight is 214 g/mol. The molecule has 1 unspecified atom stereocenters. The van der Waals surface area contributed by atoms with E-state index in [-0.39, 0.29) is 0 Å². The summed E-state index contributed by atoms with van der Waals surface area (Å²) < 4.78 is 0. The van der Waals surface area contributed by atoms with E-state index < -0.39 is 0 Å². The molecule has 1 aromatic carbocycles. The lowest BCUT2D eigenvalue weighted by atomic mass is 10.2. The van der Waals surface area contributed by atoms with Crippen molar-refractivity contribution in [3.05, 3.63) is 41.8 Å². The van der Waals surface area contributed by atoms with Gasteiger partial charge in [0.15, 0.2) is 0 Å². The maximum Gasteiger partial charge on any atom is 0.0406 e. The Kier molecular flexibility index (Phi) is 4.68. The second kappa shape index (κ2) is 5.56. The summed E-state index contributed by atoms with van der Waals surface area (Å²) in [6, 6.07) is 8.04. The first-order chi connectivity index (χ1) is 6.18. The van der Waals surface area contributed by atoms with Crippen molar-refractivity contribution in [2.24, 2.45) is 0 Å². The molecular weight excluding hydrogens is 200 g/mol. The Morgan fingerprint density at radius 2 is 2.00 bits per heavy atom. The molecule has 13 heavy (non-hydrogen) atoms. The Morgan fingerprint density at radius 1 is 1.38 bits per heavy atom. The van der Waals surface area contributed by atoms with Crippen LogP contribution in [-0.2, 0) is 6.42 Å². The lowest BCUT2D eigenvalue weighted by molar-refractivity contribution is 1.14. The van der Waals surface area contributed by atoms with Crippen LogP contribution in [0.5, 0.6) is 0 Å². The minimum absolute atomic E-state index is 0.479. The van der Waals surface area contributed by atoms with E-state index >= 15 is 0 Å². The topological polar surface area (TPSA) is 0 Å². The van der Waals surface area contributed by atoms with Crippen molar-refractivity contribution in [2.45, 2.75) is 18.6 Å². The fraction of sp³-hybridized carbons (Fsp3) is 0.364. The highest BCUT2D eigenvalue weighted by atomic mass is 35.5. The molecule has 0 N–H and O–H groups in total. The van der Waals surface area contributed by atoms with Crippen LogP contribution in [0.1, 0.15) is 12.5 Å². The first-order valence-corrected chi connectivity index (χ1v) is 5.80. The highest BCUT2D eigenvalue weighted by Crippen LogP contribution is 2.14. The number of halogens is 1. The number of hydrogen-bond acceptors (Lipinski definition) is 1. The predicted octanol–water partition coefficient (Wildman–Crippen LogP) is 3.84. The van der Waals surface area contributed by atoms with Gasteiger partial charge in [0.2, 0.25) is 0 Å². The highest BCUT2D eigenvalue weighted by molar-refractivity contribution is 7.99. The fourth-order valence-corrected chi connectivity index (χ4v) is 1.91. The molecule has 0 fully saturated rings. The first-order valence-electron chi connectivity index (χ1n) is 4.37. The lowest BCUT2D eigenvalue weighted by Crippen LogP contribution is -1.93. The number of hydrogen-bond donors (Lipinski definition) is 0. The van der Waals surface area contributed by atoms with Crippen LogP contribution in [0.25, 0.3) is 0 Å². The van der Waals surface area contributed by atoms with Crippen molar-refractivity contribution in [1.82, 2.24) is 0 Å². The number of benzene rings is 1. The largest absolute Gasteiger partial charge is 0.159 e. The maximum absolute atomic E-state index is 5.78. The monoisotopic (exact) mass is 213 g/mol. The van der Waals surface area contributed by atoms with Gasteiger partial charge in [-0.05, 0) is 36.8 Å². The fourth-order valence-electron chi connectivity index (χ4n) is 1.03. The van der Waals surface area contributed by atoms with Crippen molar-refractivity contribution in [3.8, 4) is 0 Å².